The molecule has 1 N–H and O–H groups in total. The molecule has 0 heterocycles. The number of amides is 1. The minimum absolute atomic E-state index is 0.310. The monoisotopic (exact) mass is 395 g/mol. The van der Waals surface area contributed by atoms with E-state index in [1.165, 1.54) is 24.3 Å². The van der Waals surface area contributed by atoms with Crippen LogP contribution in [0.25, 0.3) is 6.08 Å². The normalized spacial score (nSPS) is 10.6. The van der Waals surface area contributed by atoms with E-state index in [9.17, 15) is 14.0 Å². The summed E-state index contributed by atoms with van der Waals surface area (Å²) in [6.45, 7) is 0. The van der Waals surface area contributed by atoms with Crippen molar-refractivity contribution in [2.75, 3.05) is 5.32 Å². The standard InChI is InChI=1S/C22H15ClFNO3/c23-20-7-2-1-6-19(20)22(27)25-17-9-11-18(12-10-17)28-21(26)13-8-15-4-3-5-16(24)14-15/h1-14H,(H,25,27)/b13-8+. The molecule has 0 aliphatic heterocycles. The van der Waals surface area contributed by atoms with E-state index in [4.69, 9.17) is 16.3 Å². The Balaban J connectivity index is 1.59. The molecule has 0 unspecified atom stereocenters. The van der Waals surface area contributed by atoms with Crippen molar-refractivity contribution in [3.05, 3.63) is 101 Å². The maximum Gasteiger partial charge on any atom is 0.336 e. The lowest BCUT2D eigenvalue weighted by Gasteiger charge is -2.07. The van der Waals surface area contributed by atoms with Crippen LogP contribution in [0, 0.1) is 5.82 Å². The van der Waals surface area contributed by atoms with Gasteiger partial charge in [-0.1, -0.05) is 35.9 Å². The molecule has 3 aromatic rings. The van der Waals surface area contributed by atoms with Crippen LogP contribution in [-0.4, -0.2) is 11.9 Å². The van der Waals surface area contributed by atoms with Crippen molar-refractivity contribution >= 4 is 35.2 Å². The second-order valence-corrected chi connectivity index (χ2v) is 6.17. The Morgan fingerprint density at radius 1 is 0.964 bits per heavy atom. The first-order valence-electron chi connectivity index (χ1n) is 8.33. The van der Waals surface area contributed by atoms with Gasteiger partial charge in [-0.25, -0.2) is 9.18 Å². The summed E-state index contributed by atoms with van der Waals surface area (Å²) >= 11 is 6.00. The minimum Gasteiger partial charge on any atom is -0.423 e. The number of carbonyl (C=O) groups is 2. The van der Waals surface area contributed by atoms with Gasteiger partial charge in [0.1, 0.15) is 11.6 Å². The molecule has 3 rings (SSSR count). The summed E-state index contributed by atoms with van der Waals surface area (Å²) in [5, 5.41) is 3.08. The van der Waals surface area contributed by atoms with E-state index in [0.717, 1.165) is 0 Å². The van der Waals surface area contributed by atoms with Crippen molar-refractivity contribution in [3.63, 3.8) is 0 Å². The molecule has 4 nitrogen and oxygen atoms in total. The van der Waals surface area contributed by atoms with E-state index in [2.05, 4.69) is 5.32 Å². The van der Waals surface area contributed by atoms with Crippen LogP contribution in [0.1, 0.15) is 15.9 Å². The third-order valence-corrected chi connectivity index (χ3v) is 4.04. The van der Waals surface area contributed by atoms with Crippen LogP contribution in [0.4, 0.5) is 10.1 Å². The summed E-state index contributed by atoms with van der Waals surface area (Å²) in [5.74, 6) is -1.01. The second-order valence-electron chi connectivity index (χ2n) is 5.77. The number of ether oxygens (including phenoxy) is 1. The molecule has 140 valence electrons. The van der Waals surface area contributed by atoms with Gasteiger partial charge in [-0.15, -0.1) is 0 Å². The highest BCUT2D eigenvalue weighted by Crippen LogP contribution is 2.19. The lowest BCUT2D eigenvalue weighted by atomic mass is 10.2. The Bertz CT molecular complexity index is 1030. The largest absolute Gasteiger partial charge is 0.423 e. The number of carbonyl (C=O) groups excluding carboxylic acids is 2. The van der Waals surface area contributed by atoms with Gasteiger partial charge in [0.25, 0.3) is 5.91 Å². The average molecular weight is 396 g/mol. The fourth-order valence-corrected chi connectivity index (χ4v) is 2.60. The summed E-state index contributed by atoms with van der Waals surface area (Å²) in [4.78, 5) is 24.1. The Hall–Kier alpha value is -3.44. The van der Waals surface area contributed by atoms with E-state index < -0.39 is 5.97 Å². The summed E-state index contributed by atoms with van der Waals surface area (Å²) in [7, 11) is 0. The van der Waals surface area contributed by atoms with Gasteiger partial charge in [0.05, 0.1) is 10.6 Å². The molecular weight excluding hydrogens is 381 g/mol. The molecule has 0 saturated heterocycles. The van der Waals surface area contributed by atoms with E-state index in [1.54, 1.807) is 60.7 Å². The first-order chi connectivity index (χ1) is 13.5. The first-order valence-corrected chi connectivity index (χ1v) is 8.70. The molecular formula is C22H15ClFNO3. The summed E-state index contributed by atoms with van der Waals surface area (Å²) < 4.78 is 18.3. The van der Waals surface area contributed by atoms with Crippen LogP contribution in [0.15, 0.2) is 78.9 Å². The SMILES string of the molecule is O=C(/C=C/c1cccc(F)c1)Oc1ccc(NC(=O)c2ccccc2Cl)cc1. The number of esters is 1. The smallest absolute Gasteiger partial charge is 0.336 e. The van der Waals surface area contributed by atoms with Gasteiger partial charge in [-0.05, 0) is 60.2 Å². The van der Waals surface area contributed by atoms with Crippen LogP contribution in [0.2, 0.25) is 5.02 Å². The zero-order valence-corrected chi connectivity index (χ0v) is 15.3. The summed E-state index contributed by atoms with van der Waals surface area (Å²) in [6.07, 6.45) is 2.67. The topological polar surface area (TPSA) is 55.4 Å². The lowest BCUT2D eigenvalue weighted by molar-refractivity contribution is -0.128. The molecule has 0 radical (unpaired) electrons. The molecule has 0 bridgehead atoms. The third kappa shape index (κ3) is 5.28. The Morgan fingerprint density at radius 2 is 1.71 bits per heavy atom. The number of hydrogen-bond donors (Lipinski definition) is 1. The van der Waals surface area contributed by atoms with E-state index in [0.29, 0.717) is 27.6 Å². The van der Waals surface area contributed by atoms with Gasteiger partial charge in [-0.2, -0.15) is 0 Å². The predicted octanol–water partition coefficient (Wildman–Crippen LogP) is 5.35. The number of nitrogens with one attached hydrogen (secondary N) is 1. The van der Waals surface area contributed by atoms with E-state index in [-0.39, 0.29) is 11.7 Å². The van der Waals surface area contributed by atoms with E-state index in [1.807, 2.05) is 0 Å². The summed E-state index contributed by atoms with van der Waals surface area (Å²) in [6, 6.07) is 18.9. The van der Waals surface area contributed by atoms with Crippen LogP contribution >= 0.6 is 11.6 Å². The quantitative estimate of drug-likeness (QED) is 0.360. The highest BCUT2D eigenvalue weighted by atomic mass is 35.5. The fraction of sp³-hybridized carbons (Fsp3) is 0. The molecule has 3 aromatic carbocycles. The Labute approximate surface area is 166 Å². The molecule has 0 aromatic heterocycles. The third-order valence-electron chi connectivity index (χ3n) is 3.71. The van der Waals surface area contributed by atoms with Crippen LogP contribution in [-0.2, 0) is 4.79 Å². The van der Waals surface area contributed by atoms with E-state index >= 15 is 0 Å². The van der Waals surface area contributed by atoms with Gasteiger partial charge in [0.2, 0.25) is 0 Å². The van der Waals surface area contributed by atoms with Crippen LogP contribution in [0.3, 0.4) is 0 Å². The number of rotatable bonds is 5. The van der Waals surface area contributed by atoms with Gasteiger partial charge < -0.3 is 10.1 Å². The number of halogens is 2. The molecule has 0 saturated carbocycles. The summed E-state index contributed by atoms with van der Waals surface area (Å²) in [5.41, 5.74) is 1.44. The number of anilines is 1. The highest BCUT2D eigenvalue weighted by Gasteiger charge is 2.10. The fourth-order valence-electron chi connectivity index (χ4n) is 2.37. The molecule has 0 aliphatic rings. The van der Waals surface area contributed by atoms with Crippen molar-refractivity contribution in [2.45, 2.75) is 0 Å². The molecule has 0 atom stereocenters. The second kappa shape index (κ2) is 8.97. The first kappa shape index (κ1) is 19.3. The van der Waals surface area contributed by atoms with Crippen molar-refractivity contribution in [2.24, 2.45) is 0 Å². The van der Waals surface area contributed by atoms with Crippen molar-refractivity contribution < 1.29 is 18.7 Å². The van der Waals surface area contributed by atoms with Crippen LogP contribution < -0.4 is 10.1 Å². The van der Waals surface area contributed by atoms with Crippen molar-refractivity contribution in [1.29, 1.82) is 0 Å². The number of hydrogen-bond acceptors (Lipinski definition) is 3. The minimum atomic E-state index is -0.600. The Morgan fingerprint density at radius 3 is 2.43 bits per heavy atom. The maximum atomic E-state index is 13.1. The van der Waals surface area contributed by atoms with Crippen molar-refractivity contribution in [1.82, 2.24) is 0 Å². The molecule has 0 aliphatic carbocycles. The predicted molar refractivity (Wildman–Crippen MR) is 107 cm³/mol. The van der Waals surface area contributed by atoms with Crippen molar-refractivity contribution in [3.8, 4) is 5.75 Å². The lowest BCUT2D eigenvalue weighted by Crippen LogP contribution is -2.12. The zero-order chi connectivity index (χ0) is 19.9. The zero-order valence-electron chi connectivity index (χ0n) is 14.6. The maximum absolute atomic E-state index is 13.1. The average Bonchev–Trinajstić information content (AvgIpc) is 2.68. The van der Waals surface area contributed by atoms with Gasteiger partial charge in [-0.3, -0.25) is 4.79 Å². The van der Waals surface area contributed by atoms with Gasteiger partial charge >= 0.3 is 5.97 Å². The molecule has 0 fully saturated rings. The Kier molecular flexibility index (Phi) is 6.19. The van der Waals surface area contributed by atoms with Crippen LogP contribution in [0.5, 0.6) is 5.75 Å². The highest BCUT2D eigenvalue weighted by molar-refractivity contribution is 6.34. The molecule has 1 amide bonds. The van der Waals surface area contributed by atoms with Gasteiger partial charge in [0, 0.05) is 11.8 Å². The van der Waals surface area contributed by atoms with Gasteiger partial charge in [0.15, 0.2) is 0 Å². The molecule has 28 heavy (non-hydrogen) atoms. The molecule has 6 heteroatoms. The molecule has 0 spiro atoms. The number of benzene rings is 3.